The molecule has 0 aliphatic carbocycles. The van der Waals surface area contributed by atoms with Gasteiger partial charge in [0.1, 0.15) is 9.84 Å². The number of hydrogen-bond donors (Lipinski definition) is 1. The summed E-state index contributed by atoms with van der Waals surface area (Å²) in [5.41, 5.74) is 6.45. The summed E-state index contributed by atoms with van der Waals surface area (Å²) in [4.78, 5) is 0. The van der Waals surface area contributed by atoms with Crippen LogP contribution < -0.4 is 5.73 Å². The molecule has 1 aromatic carbocycles. The molecule has 0 aliphatic heterocycles. The number of nitrogens with two attached hydrogens (primary N) is 1. The topological polar surface area (TPSA) is 60.2 Å². The minimum atomic E-state index is -3.05. The zero-order valence-corrected chi connectivity index (χ0v) is 9.35. The van der Waals surface area contributed by atoms with E-state index in [0.717, 1.165) is 11.8 Å². The first kappa shape index (κ1) is 11.5. The van der Waals surface area contributed by atoms with Crippen LogP contribution in [0.25, 0.3) is 0 Å². The van der Waals surface area contributed by atoms with Crippen LogP contribution in [0.1, 0.15) is 11.6 Å². The Labute approximate surface area is 88.8 Å². The Balaban J connectivity index is 2.85. The van der Waals surface area contributed by atoms with Crippen LogP contribution in [0.3, 0.4) is 0 Å². The lowest BCUT2D eigenvalue weighted by molar-refractivity contribution is 0.595. The molecule has 14 heavy (non-hydrogen) atoms. The first-order valence-electron chi connectivity index (χ1n) is 4.07. The van der Waals surface area contributed by atoms with E-state index < -0.39 is 15.9 Å². The van der Waals surface area contributed by atoms with Crippen LogP contribution in [0, 0.1) is 0 Å². The van der Waals surface area contributed by atoms with Gasteiger partial charge in [-0.05, 0) is 17.7 Å². The van der Waals surface area contributed by atoms with Crippen molar-refractivity contribution in [2.45, 2.75) is 6.04 Å². The Kier molecular flexibility index (Phi) is 3.53. The summed E-state index contributed by atoms with van der Waals surface area (Å²) in [5, 5.41) is 0.562. The van der Waals surface area contributed by atoms with Crippen molar-refractivity contribution < 1.29 is 8.42 Å². The number of sulfone groups is 1. The maximum atomic E-state index is 11.0. The van der Waals surface area contributed by atoms with E-state index >= 15 is 0 Å². The number of halogens is 1. The van der Waals surface area contributed by atoms with E-state index in [0.29, 0.717) is 5.02 Å². The molecule has 1 rings (SSSR count). The molecule has 0 saturated heterocycles. The van der Waals surface area contributed by atoms with Crippen LogP contribution in [0.2, 0.25) is 5.02 Å². The molecular weight excluding hydrogens is 222 g/mol. The molecule has 5 heteroatoms. The van der Waals surface area contributed by atoms with Crippen LogP contribution in [0.5, 0.6) is 0 Å². The lowest BCUT2D eigenvalue weighted by Crippen LogP contribution is -2.20. The van der Waals surface area contributed by atoms with Crippen molar-refractivity contribution in [2.75, 3.05) is 12.0 Å². The smallest absolute Gasteiger partial charge is 0.149 e. The van der Waals surface area contributed by atoms with Crippen molar-refractivity contribution in [3.63, 3.8) is 0 Å². The van der Waals surface area contributed by atoms with Crippen molar-refractivity contribution in [1.29, 1.82) is 0 Å². The van der Waals surface area contributed by atoms with E-state index in [9.17, 15) is 8.42 Å². The van der Waals surface area contributed by atoms with Gasteiger partial charge in [-0.1, -0.05) is 23.7 Å². The summed E-state index contributed by atoms with van der Waals surface area (Å²) in [6.45, 7) is 0. The first-order chi connectivity index (χ1) is 6.38. The highest BCUT2D eigenvalue weighted by molar-refractivity contribution is 7.90. The molecule has 78 valence electrons. The van der Waals surface area contributed by atoms with Gasteiger partial charge >= 0.3 is 0 Å². The minimum absolute atomic E-state index is 0.0622. The highest BCUT2D eigenvalue weighted by Crippen LogP contribution is 2.16. The molecule has 0 spiro atoms. The third-order valence-corrected chi connectivity index (χ3v) is 2.96. The molecular formula is C9H12ClNO2S. The predicted molar refractivity (Wildman–Crippen MR) is 58.1 cm³/mol. The molecule has 0 heterocycles. The van der Waals surface area contributed by atoms with Crippen LogP contribution in [0.4, 0.5) is 0 Å². The Morgan fingerprint density at radius 3 is 2.64 bits per heavy atom. The molecule has 0 aromatic heterocycles. The molecule has 0 unspecified atom stereocenters. The number of benzene rings is 1. The van der Waals surface area contributed by atoms with E-state index in [2.05, 4.69) is 0 Å². The number of rotatable bonds is 3. The molecule has 1 aromatic rings. The summed E-state index contributed by atoms with van der Waals surface area (Å²) in [5.74, 6) is -0.0622. The fraction of sp³-hybridized carbons (Fsp3) is 0.333. The predicted octanol–water partition coefficient (Wildman–Crippen LogP) is 1.38. The summed E-state index contributed by atoms with van der Waals surface area (Å²) in [7, 11) is -3.05. The summed E-state index contributed by atoms with van der Waals surface area (Å²) < 4.78 is 22.0. The number of hydrogen-bond acceptors (Lipinski definition) is 3. The standard InChI is InChI=1S/C9H12ClNO2S/c1-14(12,13)6-9(11)7-3-2-4-8(10)5-7/h2-5,9H,6,11H2,1H3/t9-/m0/s1. The van der Waals surface area contributed by atoms with Gasteiger partial charge in [-0.15, -0.1) is 0 Å². The van der Waals surface area contributed by atoms with Gasteiger partial charge in [-0.2, -0.15) is 0 Å². The van der Waals surface area contributed by atoms with Gasteiger partial charge < -0.3 is 5.73 Å². The monoisotopic (exact) mass is 233 g/mol. The average Bonchev–Trinajstić information content (AvgIpc) is 2.01. The molecule has 0 amide bonds. The van der Waals surface area contributed by atoms with Gasteiger partial charge in [-0.3, -0.25) is 0 Å². The molecule has 3 nitrogen and oxygen atoms in total. The van der Waals surface area contributed by atoms with Crippen LogP contribution in [0.15, 0.2) is 24.3 Å². The molecule has 0 aliphatic rings. The average molecular weight is 234 g/mol. The summed E-state index contributed by atoms with van der Waals surface area (Å²) in [6, 6.07) is 6.40. The molecule has 0 saturated carbocycles. The third kappa shape index (κ3) is 3.65. The largest absolute Gasteiger partial charge is 0.323 e. The lowest BCUT2D eigenvalue weighted by Gasteiger charge is -2.10. The third-order valence-electron chi connectivity index (χ3n) is 1.76. The van der Waals surface area contributed by atoms with Crippen LogP contribution in [-0.2, 0) is 9.84 Å². The zero-order valence-electron chi connectivity index (χ0n) is 7.77. The van der Waals surface area contributed by atoms with Gasteiger partial charge in [0.15, 0.2) is 0 Å². The maximum absolute atomic E-state index is 11.0. The second kappa shape index (κ2) is 4.29. The molecule has 2 N–H and O–H groups in total. The fourth-order valence-electron chi connectivity index (χ4n) is 1.16. The highest BCUT2D eigenvalue weighted by atomic mass is 35.5. The Bertz CT molecular complexity index is 417. The maximum Gasteiger partial charge on any atom is 0.149 e. The van der Waals surface area contributed by atoms with Crippen molar-refractivity contribution >= 4 is 21.4 Å². The van der Waals surface area contributed by atoms with E-state index in [-0.39, 0.29) is 5.75 Å². The van der Waals surface area contributed by atoms with Gasteiger partial charge in [0.05, 0.1) is 5.75 Å². The lowest BCUT2D eigenvalue weighted by atomic mass is 10.1. The van der Waals surface area contributed by atoms with Crippen molar-refractivity contribution in [1.82, 2.24) is 0 Å². The quantitative estimate of drug-likeness (QED) is 0.858. The van der Waals surface area contributed by atoms with E-state index in [1.807, 2.05) is 0 Å². The van der Waals surface area contributed by atoms with Crippen molar-refractivity contribution in [3.8, 4) is 0 Å². The van der Waals surface area contributed by atoms with E-state index in [1.54, 1.807) is 24.3 Å². The van der Waals surface area contributed by atoms with Crippen LogP contribution >= 0.6 is 11.6 Å². The Morgan fingerprint density at radius 1 is 1.50 bits per heavy atom. The van der Waals surface area contributed by atoms with Gasteiger partial charge in [0.25, 0.3) is 0 Å². The highest BCUT2D eigenvalue weighted by Gasteiger charge is 2.12. The Hall–Kier alpha value is -0.580. The van der Waals surface area contributed by atoms with Crippen LogP contribution in [-0.4, -0.2) is 20.4 Å². The minimum Gasteiger partial charge on any atom is -0.323 e. The molecule has 1 atom stereocenters. The zero-order chi connectivity index (χ0) is 10.8. The SMILES string of the molecule is CS(=O)(=O)C[C@H](N)c1cccc(Cl)c1. The van der Waals surface area contributed by atoms with E-state index in [1.165, 1.54) is 0 Å². The van der Waals surface area contributed by atoms with Crippen molar-refractivity contribution in [3.05, 3.63) is 34.9 Å². The molecule has 0 radical (unpaired) electrons. The van der Waals surface area contributed by atoms with Gasteiger partial charge in [0.2, 0.25) is 0 Å². The van der Waals surface area contributed by atoms with Gasteiger partial charge in [0, 0.05) is 17.3 Å². The second-order valence-corrected chi connectivity index (χ2v) is 5.88. The first-order valence-corrected chi connectivity index (χ1v) is 6.51. The Morgan fingerprint density at radius 2 is 2.14 bits per heavy atom. The van der Waals surface area contributed by atoms with E-state index in [4.69, 9.17) is 17.3 Å². The van der Waals surface area contributed by atoms with Crippen molar-refractivity contribution in [2.24, 2.45) is 5.73 Å². The molecule has 0 fully saturated rings. The molecule has 0 bridgehead atoms. The normalized spacial score (nSPS) is 13.9. The second-order valence-electron chi connectivity index (χ2n) is 3.25. The summed E-state index contributed by atoms with van der Waals surface area (Å²) in [6.07, 6.45) is 1.16. The fourth-order valence-corrected chi connectivity index (χ4v) is 2.20. The van der Waals surface area contributed by atoms with Gasteiger partial charge in [-0.25, -0.2) is 8.42 Å². The summed E-state index contributed by atoms with van der Waals surface area (Å²) >= 11 is 5.76.